The zero-order valence-corrected chi connectivity index (χ0v) is 9.79. The van der Waals surface area contributed by atoms with Crippen LogP contribution in [0, 0.1) is 12.8 Å². The van der Waals surface area contributed by atoms with E-state index in [0.29, 0.717) is 0 Å². The van der Waals surface area contributed by atoms with Gasteiger partial charge in [-0.2, -0.15) is 0 Å². The molecule has 0 aromatic heterocycles. The molecule has 2 rings (SSSR count). The van der Waals surface area contributed by atoms with Crippen molar-refractivity contribution in [3.8, 4) is 0 Å². The summed E-state index contributed by atoms with van der Waals surface area (Å²) in [5.74, 6) is 0.895. The minimum Gasteiger partial charge on any atom is -0.0847 e. The average Bonchev–Trinajstić information content (AvgIpc) is 2.22. The highest BCUT2D eigenvalue weighted by Gasteiger charge is 2.10. The lowest BCUT2D eigenvalue weighted by Crippen LogP contribution is -2.03. The molecule has 1 aliphatic carbocycles. The fraction of sp³-hybridized carbons (Fsp3) is 0.467. The molecule has 0 N–H and O–H groups in total. The highest BCUT2D eigenvalue weighted by atomic mass is 14.2. The van der Waals surface area contributed by atoms with Crippen LogP contribution in [0.1, 0.15) is 37.3 Å². The van der Waals surface area contributed by atoms with Crippen molar-refractivity contribution in [2.75, 3.05) is 0 Å². The summed E-state index contributed by atoms with van der Waals surface area (Å²) in [4.78, 5) is 0. The molecule has 0 heteroatoms. The molecule has 1 aliphatic rings. The van der Waals surface area contributed by atoms with E-state index in [1.165, 1.54) is 30.4 Å². The summed E-state index contributed by atoms with van der Waals surface area (Å²) in [5.41, 5.74) is 4.48. The Bertz CT molecular complexity index is 360. The monoisotopic (exact) mass is 200 g/mol. The van der Waals surface area contributed by atoms with Crippen molar-refractivity contribution in [1.29, 1.82) is 0 Å². The second kappa shape index (κ2) is 4.65. The van der Waals surface area contributed by atoms with Gasteiger partial charge in [0.25, 0.3) is 0 Å². The van der Waals surface area contributed by atoms with E-state index < -0.39 is 0 Å². The second-order valence-corrected chi connectivity index (χ2v) is 4.91. The van der Waals surface area contributed by atoms with Crippen LogP contribution in [0.4, 0.5) is 0 Å². The molecule has 0 fully saturated rings. The van der Waals surface area contributed by atoms with Crippen molar-refractivity contribution in [2.45, 2.75) is 39.5 Å². The van der Waals surface area contributed by atoms with Gasteiger partial charge in [0.15, 0.2) is 0 Å². The smallest absolute Gasteiger partial charge is 0.00670 e. The number of rotatable bonds is 2. The number of hydrogen-bond donors (Lipinski definition) is 0. The third-order valence-electron chi connectivity index (χ3n) is 3.28. The first-order chi connectivity index (χ1) is 7.24. The van der Waals surface area contributed by atoms with E-state index in [1.807, 2.05) is 0 Å². The van der Waals surface area contributed by atoms with Crippen LogP contribution in [0.25, 0.3) is 0 Å². The Balaban J connectivity index is 2.03. The maximum atomic E-state index is 2.45. The van der Waals surface area contributed by atoms with Crippen molar-refractivity contribution in [3.63, 3.8) is 0 Å². The summed E-state index contributed by atoms with van der Waals surface area (Å²) in [7, 11) is 0. The summed E-state index contributed by atoms with van der Waals surface area (Å²) < 4.78 is 0. The molecule has 0 amide bonds. The molecule has 1 unspecified atom stereocenters. The molecule has 0 saturated heterocycles. The van der Waals surface area contributed by atoms with Gasteiger partial charge in [-0.1, -0.05) is 48.4 Å². The van der Waals surface area contributed by atoms with Gasteiger partial charge < -0.3 is 0 Å². The van der Waals surface area contributed by atoms with Gasteiger partial charge in [-0.25, -0.2) is 0 Å². The average molecular weight is 200 g/mol. The van der Waals surface area contributed by atoms with Gasteiger partial charge in [-0.3, -0.25) is 0 Å². The molecular weight excluding hydrogens is 180 g/mol. The molecule has 1 aromatic carbocycles. The van der Waals surface area contributed by atoms with Crippen molar-refractivity contribution in [1.82, 2.24) is 0 Å². The van der Waals surface area contributed by atoms with Gasteiger partial charge in [0.1, 0.15) is 0 Å². The lowest BCUT2D eigenvalue weighted by molar-refractivity contribution is 0.509. The van der Waals surface area contributed by atoms with Crippen molar-refractivity contribution in [2.24, 2.45) is 5.92 Å². The van der Waals surface area contributed by atoms with Crippen LogP contribution in [0.15, 0.2) is 35.9 Å². The van der Waals surface area contributed by atoms with E-state index in [1.54, 1.807) is 5.57 Å². The van der Waals surface area contributed by atoms with Crippen LogP contribution in [0.2, 0.25) is 0 Å². The molecule has 80 valence electrons. The van der Waals surface area contributed by atoms with Gasteiger partial charge in [0.2, 0.25) is 0 Å². The number of hydrogen-bond acceptors (Lipinski definition) is 0. The molecule has 0 saturated carbocycles. The van der Waals surface area contributed by atoms with E-state index >= 15 is 0 Å². The van der Waals surface area contributed by atoms with Gasteiger partial charge >= 0.3 is 0 Å². The fourth-order valence-electron chi connectivity index (χ4n) is 2.26. The van der Waals surface area contributed by atoms with E-state index in [4.69, 9.17) is 0 Å². The summed E-state index contributed by atoms with van der Waals surface area (Å²) in [6.07, 6.45) is 7.57. The quantitative estimate of drug-likeness (QED) is 0.625. The van der Waals surface area contributed by atoms with Crippen molar-refractivity contribution in [3.05, 3.63) is 47.0 Å². The first-order valence-corrected chi connectivity index (χ1v) is 5.97. The lowest BCUT2D eigenvalue weighted by Gasteiger charge is -2.18. The zero-order valence-electron chi connectivity index (χ0n) is 9.79. The zero-order chi connectivity index (χ0) is 10.7. The first kappa shape index (κ1) is 10.5. The summed E-state index contributed by atoms with van der Waals surface area (Å²) in [6.45, 7) is 4.51. The highest BCUT2D eigenvalue weighted by Crippen LogP contribution is 2.25. The Hall–Kier alpha value is -1.04. The van der Waals surface area contributed by atoms with E-state index in [2.05, 4.69) is 44.2 Å². The largest absolute Gasteiger partial charge is 0.0847 e. The lowest BCUT2D eigenvalue weighted by atomic mass is 9.88. The third kappa shape index (κ3) is 2.95. The second-order valence-electron chi connectivity index (χ2n) is 4.91. The molecule has 0 radical (unpaired) electrons. The molecule has 1 aromatic rings. The Kier molecular flexibility index (Phi) is 3.25. The van der Waals surface area contributed by atoms with Crippen LogP contribution in [-0.4, -0.2) is 0 Å². The molecule has 0 bridgehead atoms. The van der Waals surface area contributed by atoms with Crippen LogP contribution in [0.5, 0.6) is 0 Å². The molecular formula is C15H20. The number of benzene rings is 1. The summed E-state index contributed by atoms with van der Waals surface area (Å²) in [6, 6.07) is 8.88. The Morgan fingerprint density at radius 1 is 1.33 bits per heavy atom. The number of allylic oxidation sites excluding steroid dienone is 2. The van der Waals surface area contributed by atoms with Crippen molar-refractivity contribution >= 4 is 0 Å². The molecule has 0 nitrogen and oxygen atoms in total. The Morgan fingerprint density at radius 3 is 2.87 bits per heavy atom. The number of aryl methyl sites for hydroxylation is 1. The SMILES string of the molecule is Cc1cccc(CC2=CCC(C)CC2)c1. The fourth-order valence-corrected chi connectivity index (χ4v) is 2.26. The molecule has 0 aliphatic heterocycles. The van der Waals surface area contributed by atoms with Gasteiger partial charge in [0.05, 0.1) is 0 Å². The summed E-state index contributed by atoms with van der Waals surface area (Å²) in [5, 5.41) is 0. The van der Waals surface area contributed by atoms with E-state index in [-0.39, 0.29) is 0 Å². The predicted molar refractivity (Wildman–Crippen MR) is 66.0 cm³/mol. The van der Waals surface area contributed by atoms with Crippen LogP contribution >= 0.6 is 0 Å². The summed E-state index contributed by atoms with van der Waals surface area (Å²) >= 11 is 0. The first-order valence-electron chi connectivity index (χ1n) is 5.97. The highest BCUT2D eigenvalue weighted by molar-refractivity contribution is 5.27. The van der Waals surface area contributed by atoms with Gasteiger partial charge in [-0.05, 0) is 44.1 Å². The van der Waals surface area contributed by atoms with Gasteiger partial charge in [0, 0.05) is 0 Å². The van der Waals surface area contributed by atoms with Crippen LogP contribution in [0.3, 0.4) is 0 Å². The standard InChI is InChI=1S/C15H20/c1-12-6-8-14(9-7-12)11-15-5-3-4-13(2)10-15/h3-5,8,10,12H,6-7,9,11H2,1-2H3. The molecule has 1 atom stereocenters. The van der Waals surface area contributed by atoms with Crippen LogP contribution in [-0.2, 0) is 6.42 Å². The molecule has 0 spiro atoms. The third-order valence-corrected chi connectivity index (χ3v) is 3.28. The maximum Gasteiger partial charge on any atom is -0.00670 e. The van der Waals surface area contributed by atoms with E-state index in [0.717, 1.165) is 12.3 Å². The minimum absolute atomic E-state index is 0.895. The van der Waals surface area contributed by atoms with E-state index in [9.17, 15) is 0 Å². The normalized spacial score (nSPS) is 21.2. The van der Waals surface area contributed by atoms with Crippen molar-refractivity contribution < 1.29 is 0 Å². The predicted octanol–water partition coefficient (Wildman–Crippen LogP) is 4.28. The molecule has 15 heavy (non-hydrogen) atoms. The maximum absolute atomic E-state index is 2.45. The van der Waals surface area contributed by atoms with Crippen LogP contribution < -0.4 is 0 Å². The minimum atomic E-state index is 0.895. The van der Waals surface area contributed by atoms with Gasteiger partial charge in [-0.15, -0.1) is 0 Å². The topological polar surface area (TPSA) is 0 Å². The molecule has 0 heterocycles. The Morgan fingerprint density at radius 2 is 2.20 bits per heavy atom. The Labute approximate surface area is 93.0 Å².